The third-order valence-corrected chi connectivity index (χ3v) is 4.33. The average Bonchev–Trinajstić information content (AvgIpc) is 3.15. The molecule has 1 aliphatic rings. The standard InChI is InChI=1S/C20H22FNO4/c21-16-7-9-17(10-8-16)26-14-20(24)22(13-18-5-3-11-25-18)12-15-4-1-2-6-19(15)23/h1-2,4,6-10,18,23H,3,5,11-14H2. The number of halogens is 1. The van der Waals surface area contributed by atoms with Gasteiger partial charge < -0.3 is 19.5 Å². The van der Waals surface area contributed by atoms with Crippen LogP contribution in [0.15, 0.2) is 48.5 Å². The van der Waals surface area contributed by atoms with Gasteiger partial charge in [-0.3, -0.25) is 4.79 Å². The van der Waals surface area contributed by atoms with Crippen LogP contribution in [0, 0.1) is 5.82 Å². The van der Waals surface area contributed by atoms with Gasteiger partial charge in [0.25, 0.3) is 5.91 Å². The number of phenolic OH excluding ortho intramolecular Hbond substituents is 1. The Balaban J connectivity index is 1.65. The van der Waals surface area contributed by atoms with Crippen LogP contribution in [-0.4, -0.2) is 41.8 Å². The van der Waals surface area contributed by atoms with Crippen LogP contribution in [0.25, 0.3) is 0 Å². The Morgan fingerprint density at radius 3 is 2.69 bits per heavy atom. The lowest BCUT2D eigenvalue weighted by Gasteiger charge is -2.26. The predicted octanol–water partition coefficient (Wildman–Crippen LogP) is 3.12. The second kappa shape index (κ2) is 8.67. The molecule has 1 N–H and O–H groups in total. The third-order valence-electron chi connectivity index (χ3n) is 4.33. The van der Waals surface area contributed by atoms with Gasteiger partial charge in [0.2, 0.25) is 0 Å². The molecule has 1 heterocycles. The fourth-order valence-electron chi connectivity index (χ4n) is 2.91. The van der Waals surface area contributed by atoms with E-state index in [4.69, 9.17) is 9.47 Å². The number of amides is 1. The van der Waals surface area contributed by atoms with E-state index in [1.165, 1.54) is 24.3 Å². The molecule has 2 aromatic carbocycles. The van der Waals surface area contributed by atoms with Gasteiger partial charge in [-0.15, -0.1) is 0 Å². The number of hydrogen-bond acceptors (Lipinski definition) is 4. The number of nitrogens with zero attached hydrogens (tertiary/aromatic N) is 1. The van der Waals surface area contributed by atoms with Crippen LogP contribution in [0.1, 0.15) is 18.4 Å². The van der Waals surface area contributed by atoms with Gasteiger partial charge in [-0.05, 0) is 43.2 Å². The summed E-state index contributed by atoms with van der Waals surface area (Å²) in [6.07, 6.45) is 1.88. The van der Waals surface area contributed by atoms with Gasteiger partial charge in [0, 0.05) is 25.3 Å². The van der Waals surface area contributed by atoms with Crippen molar-refractivity contribution >= 4 is 5.91 Å². The normalized spacial score (nSPS) is 16.4. The fourth-order valence-corrected chi connectivity index (χ4v) is 2.91. The first-order valence-corrected chi connectivity index (χ1v) is 8.66. The Morgan fingerprint density at radius 2 is 2.00 bits per heavy atom. The van der Waals surface area contributed by atoms with Crippen LogP contribution in [0.3, 0.4) is 0 Å². The molecule has 1 aliphatic heterocycles. The lowest BCUT2D eigenvalue weighted by atomic mass is 10.1. The summed E-state index contributed by atoms with van der Waals surface area (Å²) in [5.74, 6) is 0.00721. The van der Waals surface area contributed by atoms with Crippen molar-refractivity contribution in [1.82, 2.24) is 4.90 Å². The molecule has 2 aromatic rings. The SMILES string of the molecule is O=C(COc1ccc(F)cc1)N(Cc1ccccc1O)CC1CCCO1. The van der Waals surface area contributed by atoms with Crippen molar-refractivity contribution in [3.63, 3.8) is 0 Å². The van der Waals surface area contributed by atoms with Crippen molar-refractivity contribution in [2.45, 2.75) is 25.5 Å². The first-order chi connectivity index (χ1) is 12.6. The summed E-state index contributed by atoms with van der Waals surface area (Å²) in [6.45, 7) is 1.26. The zero-order chi connectivity index (χ0) is 18.4. The van der Waals surface area contributed by atoms with Crippen molar-refractivity contribution in [3.8, 4) is 11.5 Å². The van der Waals surface area contributed by atoms with Gasteiger partial charge >= 0.3 is 0 Å². The van der Waals surface area contributed by atoms with E-state index < -0.39 is 0 Å². The minimum atomic E-state index is -0.358. The molecule has 0 aromatic heterocycles. The molecule has 0 saturated carbocycles. The van der Waals surface area contributed by atoms with Crippen molar-refractivity contribution in [2.24, 2.45) is 0 Å². The molecule has 0 aliphatic carbocycles. The summed E-state index contributed by atoms with van der Waals surface area (Å²) in [4.78, 5) is 14.3. The molecule has 1 unspecified atom stereocenters. The van der Waals surface area contributed by atoms with Crippen molar-refractivity contribution in [3.05, 3.63) is 59.9 Å². The maximum Gasteiger partial charge on any atom is 0.260 e. The van der Waals surface area contributed by atoms with Crippen LogP contribution in [0.2, 0.25) is 0 Å². The molecule has 1 fully saturated rings. The number of rotatable bonds is 7. The average molecular weight is 359 g/mol. The van der Waals surface area contributed by atoms with Crippen molar-refractivity contribution in [1.29, 1.82) is 0 Å². The van der Waals surface area contributed by atoms with E-state index in [-0.39, 0.29) is 36.7 Å². The molecule has 138 valence electrons. The predicted molar refractivity (Wildman–Crippen MR) is 94.4 cm³/mol. The lowest BCUT2D eigenvalue weighted by Crippen LogP contribution is -2.39. The van der Waals surface area contributed by atoms with E-state index >= 15 is 0 Å². The van der Waals surface area contributed by atoms with Gasteiger partial charge in [0.1, 0.15) is 17.3 Å². The monoisotopic (exact) mass is 359 g/mol. The van der Waals surface area contributed by atoms with E-state index in [0.717, 1.165) is 12.8 Å². The molecule has 26 heavy (non-hydrogen) atoms. The number of ether oxygens (including phenoxy) is 2. The van der Waals surface area contributed by atoms with Crippen LogP contribution in [0.5, 0.6) is 11.5 Å². The molecule has 3 rings (SSSR count). The van der Waals surface area contributed by atoms with Gasteiger partial charge in [-0.25, -0.2) is 4.39 Å². The van der Waals surface area contributed by atoms with Crippen LogP contribution in [-0.2, 0) is 16.1 Å². The minimum Gasteiger partial charge on any atom is -0.508 e. The molecular weight excluding hydrogens is 337 g/mol. The summed E-state index contributed by atoms with van der Waals surface area (Å²) >= 11 is 0. The highest BCUT2D eigenvalue weighted by atomic mass is 19.1. The number of carbonyl (C=O) groups excluding carboxylic acids is 1. The number of phenols is 1. The van der Waals surface area contributed by atoms with E-state index in [9.17, 15) is 14.3 Å². The van der Waals surface area contributed by atoms with Gasteiger partial charge in [0.05, 0.1) is 6.10 Å². The Hall–Kier alpha value is -2.60. The molecule has 1 saturated heterocycles. The summed E-state index contributed by atoms with van der Waals surface area (Å²) < 4.78 is 24.1. The number of carbonyl (C=O) groups is 1. The zero-order valence-electron chi connectivity index (χ0n) is 14.4. The van der Waals surface area contributed by atoms with Crippen molar-refractivity contribution < 1.29 is 23.8 Å². The molecule has 0 bridgehead atoms. The summed E-state index contributed by atoms with van der Waals surface area (Å²) in [5, 5.41) is 10.00. The lowest BCUT2D eigenvalue weighted by molar-refractivity contribution is -0.135. The van der Waals surface area contributed by atoms with E-state index in [1.54, 1.807) is 23.1 Å². The number of benzene rings is 2. The largest absolute Gasteiger partial charge is 0.508 e. The van der Waals surface area contributed by atoms with Gasteiger partial charge in [-0.2, -0.15) is 0 Å². The van der Waals surface area contributed by atoms with Crippen LogP contribution >= 0.6 is 0 Å². The number of para-hydroxylation sites is 1. The molecule has 1 amide bonds. The maximum atomic E-state index is 13.0. The second-order valence-corrected chi connectivity index (χ2v) is 6.28. The molecule has 1 atom stereocenters. The molecule has 0 radical (unpaired) electrons. The van der Waals surface area contributed by atoms with Crippen LogP contribution in [0.4, 0.5) is 4.39 Å². The zero-order valence-corrected chi connectivity index (χ0v) is 14.4. The maximum absolute atomic E-state index is 13.0. The first-order valence-electron chi connectivity index (χ1n) is 8.66. The highest BCUT2D eigenvalue weighted by Gasteiger charge is 2.23. The highest BCUT2D eigenvalue weighted by molar-refractivity contribution is 5.78. The quantitative estimate of drug-likeness (QED) is 0.825. The minimum absolute atomic E-state index is 0.00405. The van der Waals surface area contributed by atoms with E-state index in [2.05, 4.69) is 0 Å². The summed E-state index contributed by atoms with van der Waals surface area (Å²) in [7, 11) is 0. The van der Waals surface area contributed by atoms with Crippen LogP contribution < -0.4 is 4.74 Å². The number of hydrogen-bond donors (Lipinski definition) is 1. The van der Waals surface area contributed by atoms with Crippen molar-refractivity contribution in [2.75, 3.05) is 19.8 Å². The van der Waals surface area contributed by atoms with Gasteiger partial charge in [0.15, 0.2) is 6.61 Å². The van der Waals surface area contributed by atoms with Gasteiger partial charge in [-0.1, -0.05) is 18.2 Å². The Morgan fingerprint density at radius 1 is 1.23 bits per heavy atom. The molecule has 6 heteroatoms. The Bertz CT molecular complexity index is 729. The number of aromatic hydroxyl groups is 1. The summed E-state index contributed by atoms with van der Waals surface area (Å²) in [6, 6.07) is 12.5. The van der Waals surface area contributed by atoms with E-state index in [1.807, 2.05) is 6.07 Å². The summed E-state index contributed by atoms with van der Waals surface area (Å²) in [5.41, 5.74) is 0.667. The third kappa shape index (κ3) is 4.95. The topological polar surface area (TPSA) is 59.0 Å². The fraction of sp³-hybridized carbons (Fsp3) is 0.350. The second-order valence-electron chi connectivity index (χ2n) is 6.28. The highest BCUT2D eigenvalue weighted by Crippen LogP contribution is 2.20. The first kappa shape index (κ1) is 18.2. The Labute approximate surface area is 152 Å². The molecule has 5 nitrogen and oxygen atoms in total. The smallest absolute Gasteiger partial charge is 0.260 e. The molecular formula is C20H22FNO4. The molecule has 0 spiro atoms. The Kier molecular flexibility index (Phi) is 6.07. The van der Waals surface area contributed by atoms with E-state index in [0.29, 0.717) is 24.5 Å².